The second-order valence-electron chi connectivity index (χ2n) is 8.88. The van der Waals surface area contributed by atoms with Gasteiger partial charge in [-0.3, -0.25) is 9.78 Å². The number of carbonyl (C=O) groups is 1. The summed E-state index contributed by atoms with van der Waals surface area (Å²) in [4.78, 5) is 19.3. The van der Waals surface area contributed by atoms with Gasteiger partial charge in [-0.15, -0.1) is 0 Å². The topological polar surface area (TPSA) is 54.5 Å². The van der Waals surface area contributed by atoms with Crippen molar-refractivity contribution >= 4 is 16.8 Å². The van der Waals surface area contributed by atoms with E-state index in [0.717, 1.165) is 60.1 Å². The van der Waals surface area contributed by atoms with Crippen molar-refractivity contribution < 1.29 is 9.53 Å². The SMILES string of the molecule is C=C1C[C@]1(NC)C(=O)N1CCC(Oc2ccc(-c3ccc4cccnc4c3C)cc2)CC1. The van der Waals surface area contributed by atoms with Gasteiger partial charge in [0.25, 0.3) is 0 Å². The van der Waals surface area contributed by atoms with E-state index < -0.39 is 5.54 Å². The maximum atomic E-state index is 12.8. The summed E-state index contributed by atoms with van der Waals surface area (Å²) in [5, 5.41) is 4.31. The minimum atomic E-state index is -0.514. The highest BCUT2D eigenvalue weighted by Crippen LogP contribution is 2.43. The maximum Gasteiger partial charge on any atom is 0.247 e. The molecule has 1 aliphatic carbocycles. The van der Waals surface area contributed by atoms with Gasteiger partial charge in [0.2, 0.25) is 5.91 Å². The third kappa shape index (κ3) is 3.56. The Kier molecular flexibility index (Phi) is 5.22. The van der Waals surface area contributed by atoms with Crippen LogP contribution in [-0.2, 0) is 4.79 Å². The van der Waals surface area contributed by atoms with Gasteiger partial charge in [-0.1, -0.05) is 36.9 Å². The summed E-state index contributed by atoms with van der Waals surface area (Å²) in [6.07, 6.45) is 4.40. The third-order valence-electron chi connectivity index (χ3n) is 6.97. The molecule has 164 valence electrons. The minimum Gasteiger partial charge on any atom is -0.490 e. The summed E-state index contributed by atoms with van der Waals surface area (Å²) in [6, 6.07) is 16.6. The Morgan fingerprint density at radius 3 is 2.53 bits per heavy atom. The highest BCUT2D eigenvalue weighted by Gasteiger charge is 2.54. The van der Waals surface area contributed by atoms with Crippen LogP contribution < -0.4 is 10.1 Å². The summed E-state index contributed by atoms with van der Waals surface area (Å²) in [5.41, 5.74) is 5.05. The molecule has 5 rings (SSSR count). The Balaban J connectivity index is 1.22. The van der Waals surface area contributed by atoms with Gasteiger partial charge in [0.1, 0.15) is 17.4 Å². The van der Waals surface area contributed by atoms with E-state index in [4.69, 9.17) is 4.74 Å². The number of likely N-dealkylation sites (N-methyl/N-ethyl adjacent to an activating group) is 1. The first-order chi connectivity index (χ1) is 15.5. The van der Waals surface area contributed by atoms with E-state index in [0.29, 0.717) is 0 Å². The van der Waals surface area contributed by atoms with Crippen LogP contribution in [0.4, 0.5) is 0 Å². The number of nitrogens with one attached hydrogen (secondary N) is 1. The Morgan fingerprint density at radius 2 is 1.88 bits per heavy atom. The molecule has 0 radical (unpaired) electrons. The van der Waals surface area contributed by atoms with E-state index in [1.54, 1.807) is 0 Å². The Labute approximate surface area is 189 Å². The minimum absolute atomic E-state index is 0.129. The molecule has 2 aliphatic rings. The molecule has 2 aromatic carbocycles. The van der Waals surface area contributed by atoms with E-state index >= 15 is 0 Å². The van der Waals surface area contributed by atoms with Crippen LogP contribution in [0.25, 0.3) is 22.0 Å². The normalized spacial score (nSPS) is 21.1. The quantitative estimate of drug-likeness (QED) is 0.609. The second kappa shape index (κ2) is 8.06. The number of rotatable bonds is 5. The van der Waals surface area contributed by atoms with Crippen LogP contribution in [0.5, 0.6) is 5.75 Å². The van der Waals surface area contributed by atoms with Crippen molar-refractivity contribution in [1.82, 2.24) is 15.2 Å². The van der Waals surface area contributed by atoms with Gasteiger partial charge in [-0.2, -0.15) is 0 Å². The van der Waals surface area contributed by atoms with E-state index in [9.17, 15) is 4.79 Å². The molecule has 1 saturated carbocycles. The zero-order chi connectivity index (χ0) is 22.3. The smallest absolute Gasteiger partial charge is 0.247 e. The first-order valence-corrected chi connectivity index (χ1v) is 11.3. The molecule has 1 atom stereocenters. The second-order valence-corrected chi connectivity index (χ2v) is 8.88. The number of piperidine rings is 1. The van der Waals surface area contributed by atoms with Gasteiger partial charge >= 0.3 is 0 Å². The lowest BCUT2D eigenvalue weighted by Crippen LogP contribution is -2.51. The highest BCUT2D eigenvalue weighted by molar-refractivity contribution is 5.95. The number of pyridine rings is 1. The lowest BCUT2D eigenvalue weighted by molar-refractivity contribution is -0.135. The highest BCUT2D eigenvalue weighted by atomic mass is 16.5. The molecule has 1 N–H and O–H groups in total. The van der Waals surface area contributed by atoms with Crippen LogP contribution in [0.1, 0.15) is 24.8 Å². The molecule has 5 heteroatoms. The fraction of sp³-hybridized carbons (Fsp3) is 0.333. The molecule has 0 spiro atoms. The number of fused-ring (bicyclic) bond motifs is 1. The molecule has 1 aromatic heterocycles. The first-order valence-electron chi connectivity index (χ1n) is 11.3. The number of hydrogen-bond donors (Lipinski definition) is 1. The first kappa shape index (κ1) is 20.7. The summed E-state index contributed by atoms with van der Waals surface area (Å²) in [7, 11) is 1.84. The summed E-state index contributed by atoms with van der Waals surface area (Å²) >= 11 is 0. The van der Waals surface area contributed by atoms with Crippen molar-refractivity contribution in [2.24, 2.45) is 0 Å². The van der Waals surface area contributed by atoms with Crippen molar-refractivity contribution in [3.05, 3.63) is 72.4 Å². The zero-order valence-electron chi connectivity index (χ0n) is 18.7. The molecule has 1 saturated heterocycles. The number of amides is 1. The van der Waals surface area contributed by atoms with Crippen molar-refractivity contribution in [3.8, 4) is 16.9 Å². The van der Waals surface area contributed by atoms with Crippen LogP contribution in [0.2, 0.25) is 0 Å². The number of hydrogen-bond acceptors (Lipinski definition) is 4. The van der Waals surface area contributed by atoms with Crippen molar-refractivity contribution in [2.45, 2.75) is 37.8 Å². The average Bonchev–Trinajstić information content (AvgIpc) is 3.51. The fourth-order valence-electron chi connectivity index (χ4n) is 4.83. The maximum absolute atomic E-state index is 12.8. The van der Waals surface area contributed by atoms with Crippen LogP contribution in [0.3, 0.4) is 0 Å². The summed E-state index contributed by atoms with van der Waals surface area (Å²) in [6.45, 7) is 7.56. The van der Waals surface area contributed by atoms with Crippen molar-refractivity contribution in [1.29, 1.82) is 0 Å². The van der Waals surface area contributed by atoms with Crippen LogP contribution in [0.15, 0.2) is 66.9 Å². The lowest BCUT2D eigenvalue weighted by atomic mass is 9.98. The Morgan fingerprint density at radius 1 is 1.16 bits per heavy atom. The summed E-state index contributed by atoms with van der Waals surface area (Å²) < 4.78 is 6.24. The molecule has 32 heavy (non-hydrogen) atoms. The summed E-state index contributed by atoms with van der Waals surface area (Å²) in [5.74, 6) is 1.03. The molecule has 3 aromatic rings. The largest absolute Gasteiger partial charge is 0.490 e. The molecule has 5 nitrogen and oxygen atoms in total. The molecule has 2 heterocycles. The number of benzene rings is 2. The van der Waals surface area contributed by atoms with Gasteiger partial charge in [-0.25, -0.2) is 0 Å². The average molecular weight is 428 g/mol. The van der Waals surface area contributed by atoms with Crippen LogP contribution in [0, 0.1) is 6.92 Å². The Hall–Kier alpha value is -3.18. The number of aryl methyl sites for hydroxylation is 1. The Bertz CT molecular complexity index is 1180. The molecular weight excluding hydrogens is 398 g/mol. The monoisotopic (exact) mass is 427 g/mol. The van der Waals surface area contributed by atoms with E-state index in [2.05, 4.69) is 54.1 Å². The number of nitrogens with zero attached hydrogens (tertiary/aromatic N) is 2. The molecule has 1 aliphatic heterocycles. The fourth-order valence-corrected chi connectivity index (χ4v) is 4.83. The number of aromatic nitrogens is 1. The molecule has 2 fully saturated rings. The van der Waals surface area contributed by atoms with Gasteiger partial charge < -0.3 is 15.0 Å². The van der Waals surface area contributed by atoms with E-state index in [1.165, 1.54) is 11.1 Å². The van der Waals surface area contributed by atoms with E-state index in [1.807, 2.05) is 36.3 Å². The standard InChI is InChI=1S/C27H29N3O2/c1-18-17-27(18,28-3)26(31)30-15-12-23(13-16-30)32-22-9-6-20(7-10-22)24-11-8-21-5-4-14-29-25(21)19(24)2/h4-11,14,23,28H,1,12-13,15-17H2,2-3H3/t27-/m1/s1. The third-order valence-corrected chi connectivity index (χ3v) is 6.97. The van der Waals surface area contributed by atoms with E-state index in [-0.39, 0.29) is 12.0 Å². The van der Waals surface area contributed by atoms with Crippen molar-refractivity contribution in [3.63, 3.8) is 0 Å². The van der Waals surface area contributed by atoms with Crippen LogP contribution in [-0.4, -0.2) is 47.6 Å². The van der Waals surface area contributed by atoms with Crippen molar-refractivity contribution in [2.75, 3.05) is 20.1 Å². The predicted octanol–water partition coefficient (Wildman–Crippen LogP) is 4.50. The molecule has 1 amide bonds. The molecular formula is C27H29N3O2. The predicted molar refractivity (Wildman–Crippen MR) is 128 cm³/mol. The molecule has 0 bridgehead atoms. The number of carbonyl (C=O) groups excluding carboxylic acids is 1. The van der Waals surface area contributed by atoms with Gasteiger partial charge in [0.05, 0.1) is 5.52 Å². The van der Waals surface area contributed by atoms with Gasteiger partial charge in [0, 0.05) is 43.9 Å². The van der Waals surface area contributed by atoms with Gasteiger partial charge in [-0.05, 0) is 54.4 Å². The van der Waals surface area contributed by atoms with Crippen LogP contribution >= 0.6 is 0 Å². The number of ether oxygens (including phenoxy) is 1. The zero-order valence-corrected chi connectivity index (χ0v) is 18.7. The lowest BCUT2D eigenvalue weighted by Gasteiger charge is -2.34. The number of likely N-dealkylation sites (tertiary alicyclic amines) is 1. The molecule has 0 unspecified atom stereocenters. The van der Waals surface area contributed by atoms with Gasteiger partial charge in [0.15, 0.2) is 0 Å².